The van der Waals surface area contributed by atoms with Crippen molar-refractivity contribution in [2.24, 2.45) is 0 Å². The molecule has 246 valence electrons. The Morgan fingerprint density at radius 2 is 1.83 bits per heavy atom. The molecule has 0 aliphatic carbocycles. The van der Waals surface area contributed by atoms with Gasteiger partial charge in [-0.2, -0.15) is 13.9 Å². The highest BCUT2D eigenvalue weighted by Crippen LogP contribution is 2.52. The number of piperidine rings is 1. The molecule has 2 aliphatic rings. The van der Waals surface area contributed by atoms with Gasteiger partial charge in [0, 0.05) is 54.2 Å². The second kappa shape index (κ2) is 13.1. The second-order valence-electron chi connectivity index (χ2n) is 10.9. The first-order chi connectivity index (χ1) is 21.7. The van der Waals surface area contributed by atoms with Crippen LogP contribution in [-0.2, 0) is 32.4 Å². The maximum atomic E-state index is 14.9. The number of nitrogens with zero attached hydrogens (tertiary/aromatic N) is 5. The number of aryl methyl sites for hydroxylation is 1. The minimum atomic E-state index is -3.02. The number of rotatable bonds is 7. The first-order valence-electron chi connectivity index (χ1n) is 13.9. The van der Waals surface area contributed by atoms with Gasteiger partial charge in [0.25, 0.3) is 5.92 Å². The Morgan fingerprint density at radius 3 is 2.43 bits per heavy atom. The van der Waals surface area contributed by atoms with E-state index in [1.54, 1.807) is 34.0 Å². The molecule has 0 bridgehead atoms. The molecule has 17 heteroatoms. The summed E-state index contributed by atoms with van der Waals surface area (Å²) in [7, 11) is 0. The van der Waals surface area contributed by atoms with Crippen LogP contribution in [0.1, 0.15) is 34.5 Å². The van der Waals surface area contributed by atoms with E-state index in [-0.39, 0.29) is 11.4 Å². The standard InChI is InChI=1S/C25H23ClF3N5OS.C4H6O6/c1-16-17(13-34(31-16)22-19(27)3-2-4-20(22)33-10-7-30-15-33)12-32-8-5-24(6-9-32)23-18(11-21(26)36-23)25(28,29)14-35-24;5-1(3(7)8)2(6)4(9)10/h2-4,7,10-11,13,15H,5-6,8-9,12,14H2,1H3;1-2,5-6H,(H,7,8)(H,9,10)/t;1-,2-/m.1/s1. The third-order valence-corrected chi connectivity index (χ3v) is 9.33. The number of fused-ring (bicyclic) bond motifs is 2. The number of hydrogen-bond acceptors (Lipinski definition) is 9. The largest absolute Gasteiger partial charge is 0.479 e. The molecule has 1 aromatic carbocycles. The SMILES string of the molecule is Cc1nn(-c2c(F)cccc2-n2ccnc2)cc1CN1CCC2(CC1)OCC(F)(F)c1cc(Cl)sc12.O=C(O)[C@H](O)[C@@H](O)C(=O)O. The predicted octanol–water partition coefficient (Wildman–Crippen LogP) is 3.71. The van der Waals surface area contributed by atoms with E-state index >= 15 is 0 Å². The number of aliphatic carboxylic acids is 2. The van der Waals surface area contributed by atoms with Crippen molar-refractivity contribution in [1.29, 1.82) is 0 Å². The summed E-state index contributed by atoms with van der Waals surface area (Å²) in [6.45, 7) is 3.24. The van der Waals surface area contributed by atoms with Crippen LogP contribution in [-0.4, -0.2) is 88.5 Å². The molecule has 1 spiro atoms. The van der Waals surface area contributed by atoms with Gasteiger partial charge in [0.15, 0.2) is 18.0 Å². The summed E-state index contributed by atoms with van der Waals surface area (Å²) < 4.78 is 53.3. The van der Waals surface area contributed by atoms with Crippen LogP contribution in [0.4, 0.5) is 13.2 Å². The van der Waals surface area contributed by atoms with Crippen molar-refractivity contribution in [2.75, 3.05) is 19.7 Å². The number of thiophene rings is 1. The van der Waals surface area contributed by atoms with Gasteiger partial charge in [-0.1, -0.05) is 17.7 Å². The number of imidazole rings is 1. The molecule has 1 saturated heterocycles. The lowest BCUT2D eigenvalue weighted by atomic mass is 9.84. The van der Waals surface area contributed by atoms with E-state index in [4.69, 9.17) is 36.8 Å². The fourth-order valence-electron chi connectivity index (χ4n) is 5.40. The van der Waals surface area contributed by atoms with Crippen molar-refractivity contribution in [1.82, 2.24) is 24.2 Å². The zero-order valence-corrected chi connectivity index (χ0v) is 25.8. The van der Waals surface area contributed by atoms with E-state index in [2.05, 4.69) is 15.0 Å². The number of ether oxygens (including phenoxy) is 1. The summed E-state index contributed by atoms with van der Waals surface area (Å²) in [6.07, 6.45) is 3.53. The van der Waals surface area contributed by atoms with Crippen molar-refractivity contribution < 1.29 is 47.9 Å². The van der Waals surface area contributed by atoms with Crippen molar-refractivity contribution in [3.8, 4) is 11.4 Å². The van der Waals surface area contributed by atoms with Crippen LogP contribution in [0.3, 0.4) is 0 Å². The van der Waals surface area contributed by atoms with Crippen molar-refractivity contribution in [3.05, 3.63) is 81.0 Å². The number of para-hydroxylation sites is 1. The van der Waals surface area contributed by atoms with E-state index in [9.17, 15) is 22.8 Å². The van der Waals surface area contributed by atoms with Crippen LogP contribution in [0.5, 0.6) is 0 Å². The van der Waals surface area contributed by atoms with E-state index < -0.39 is 42.3 Å². The molecule has 2 aliphatic heterocycles. The minimum Gasteiger partial charge on any atom is -0.479 e. The number of aliphatic hydroxyl groups is 2. The summed E-state index contributed by atoms with van der Waals surface area (Å²) in [4.78, 5) is 26.4. The van der Waals surface area contributed by atoms with Gasteiger partial charge in [-0.15, -0.1) is 11.3 Å². The average molecular weight is 684 g/mol. The molecule has 5 heterocycles. The summed E-state index contributed by atoms with van der Waals surface area (Å²) in [6, 6.07) is 6.27. The lowest BCUT2D eigenvalue weighted by Gasteiger charge is -2.45. The summed E-state index contributed by atoms with van der Waals surface area (Å²) in [5.74, 6) is -6.94. The fourth-order valence-corrected chi connectivity index (χ4v) is 6.88. The Bertz CT molecular complexity index is 1710. The number of carboxylic acid groups (broad SMARTS) is 2. The lowest BCUT2D eigenvalue weighted by Crippen LogP contribution is -2.48. The predicted molar refractivity (Wildman–Crippen MR) is 158 cm³/mol. The van der Waals surface area contributed by atoms with Gasteiger partial charge in [0.1, 0.15) is 17.9 Å². The molecule has 3 aromatic heterocycles. The van der Waals surface area contributed by atoms with Gasteiger partial charge in [0.05, 0.1) is 22.0 Å². The molecule has 46 heavy (non-hydrogen) atoms. The number of benzene rings is 1. The van der Waals surface area contributed by atoms with E-state index in [0.717, 1.165) is 11.3 Å². The quantitative estimate of drug-likeness (QED) is 0.226. The molecular formula is C29H29ClF3N5O7S. The Kier molecular flexibility index (Phi) is 9.58. The fraction of sp³-hybridized carbons (Fsp3) is 0.379. The smallest absolute Gasteiger partial charge is 0.335 e. The molecule has 12 nitrogen and oxygen atoms in total. The van der Waals surface area contributed by atoms with E-state index in [0.29, 0.717) is 53.1 Å². The third-order valence-electron chi connectivity index (χ3n) is 7.88. The highest BCUT2D eigenvalue weighted by atomic mass is 35.5. The number of likely N-dealkylation sites (tertiary alicyclic amines) is 1. The van der Waals surface area contributed by atoms with Crippen LogP contribution in [0.2, 0.25) is 4.34 Å². The average Bonchev–Trinajstić information content (AvgIpc) is 3.77. The molecule has 0 unspecified atom stereocenters. The highest BCUT2D eigenvalue weighted by molar-refractivity contribution is 7.16. The highest BCUT2D eigenvalue weighted by Gasteiger charge is 2.51. The molecule has 4 N–H and O–H groups in total. The monoisotopic (exact) mass is 683 g/mol. The summed E-state index contributed by atoms with van der Waals surface area (Å²) in [5.41, 5.74) is 2.04. The van der Waals surface area contributed by atoms with Gasteiger partial charge in [-0.05, 0) is 38.0 Å². The Morgan fingerprint density at radius 1 is 1.15 bits per heavy atom. The molecule has 1 fully saturated rings. The number of alkyl halides is 2. The first kappa shape index (κ1) is 33.6. The van der Waals surface area contributed by atoms with Gasteiger partial charge < -0.3 is 29.7 Å². The second-order valence-corrected chi connectivity index (χ2v) is 12.6. The van der Waals surface area contributed by atoms with Gasteiger partial charge >= 0.3 is 11.9 Å². The molecule has 0 amide bonds. The van der Waals surface area contributed by atoms with Crippen LogP contribution in [0.15, 0.2) is 49.2 Å². The summed E-state index contributed by atoms with van der Waals surface area (Å²) >= 11 is 7.31. The first-order valence-corrected chi connectivity index (χ1v) is 15.1. The number of aliphatic hydroxyl groups excluding tert-OH is 2. The number of carbonyl (C=O) groups is 2. The number of carboxylic acids is 2. The number of aromatic nitrogens is 4. The van der Waals surface area contributed by atoms with Crippen LogP contribution < -0.4 is 0 Å². The lowest BCUT2D eigenvalue weighted by molar-refractivity contribution is -0.182. The molecule has 6 rings (SSSR count). The maximum absolute atomic E-state index is 14.9. The third kappa shape index (κ3) is 6.67. The van der Waals surface area contributed by atoms with Crippen LogP contribution >= 0.6 is 22.9 Å². The molecule has 2 atom stereocenters. The van der Waals surface area contributed by atoms with Crippen molar-refractivity contribution in [2.45, 2.75) is 50.0 Å². The minimum absolute atomic E-state index is 0.00732. The van der Waals surface area contributed by atoms with Crippen LogP contribution in [0, 0.1) is 12.7 Å². The van der Waals surface area contributed by atoms with E-state index in [1.807, 2.05) is 19.2 Å². The van der Waals surface area contributed by atoms with Crippen molar-refractivity contribution in [3.63, 3.8) is 0 Å². The normalized spacial score (nSPS) is 18.3. The van der Waals surface area contributed by atoms with E-state index in [1.165, 1.54) is 23.5 Å². The Hall–Kier alpha value is -3.80. The Balaban J connectivity index is 0.000000362. The zero-order chi connectivity index (χ0) is 33.4. The topological polar surface area (TPSA) is 163 Å². The van der Waals surface area contributed by atoms with Gasteiger partial charge in [-0.3, -0.25) is 4.90 Å². The van der Waals surface area contributed by atoms with Gasteiger partial charge in [-0.25, -0.2) is 23.6 Å². The maximum Gasteiger partial charge on any atom is 0.335 e. The Labute approximate surface area is 268 Å². The molecular weight excluding hydrogens is 655 g/mol. The molecule has 4 aromatic rings. The zero-order valence-electron chi connectivity index (χ0n) is 24.2. The van der Waals surface area contributed by atoms with Gasteiger partial charge in [0.2, 0.25) is 0 Å². The molecule has 0 radical (unpaired) electrons. The number of hydrogen-bond donors (Lipinski definition) is 4. The van der Waals surface area contributed by atoms with Crippen molar-refractivity contribution >= 4 is 34.9 Å². The number of halogens is 4. The molecule has 0 saturated carbocycles. The summed E-state index contributed by atoms with van der Waals surface area (Å²) in [5, 5.41) is 37.1. The van der Waals surface area contributed by atoms with Crippen LogP contribution in [0.25, 0.3) is 11.4 Å².